The lowest BCUT2D eigenvalue weighted by atomic mass is 9.94. The Balaban J connectivity index is 2.27. The van der Waals surface area contributed by atoms with E-state index < -0.39 is 11.0 Å². The number of benzene rings is 1. The normalized spacial score (nSPS) is 21.9. The van der Waals surface area contributed by atoms with E-state index in [2.05, 4.69) is 0 Å². The average Bonchev–Trinajstić information content (AvgIpc) is 2.81. The van der Waals surface area contributed by atoms with Crippen LogP contribution >= 0.6 is 0 Å². The Bertz CT molecular complexity index is 387. The highest BCUT2D eigenvalue weighted by molar-refractivity contribution is 5.41. The van der Waals surface area contributed by atoms with Crippen LogP contribution in [-0.2, 0) is 4.74 Å². The maximum Gasteiger partial charge on any atom is 0.275 e. The average molecular weight is 223 g/mol. The minimum absolute atomic E-state index is 0.0260. The Morgan fingerprint density at radius 3 is 2.88 bits per heavy atom. The fourth-order valence-electron chi connectivity index (χ4n) is 1.96. The highest BCUT2D eigenvalue weighted by atomic mass is 16.6. The van der Waals surface area contributed by atoms with Crippen LogP contribution in [0.3, 0.4) is 0 Å². The van der Waals surface area contributed by atoms with E-state index in [-0.39, 0.29) is 11.6 Å². The van der Waals surface area contributed by atoms with Crippen LogP contribution in [0.5, 0.6) is 0 Å². The molecular formula is C11H13NO4. The van der Waals surface area contributed by atoms with Gasteiger partial charge in [-0.05, 0) is 12.5 Å². The van der Waals surface area contributed by atoms with Gasteiger partial charge in [0.2, 0.25) is 0 Å². The Hall–Kier alpha value is -1.46. The van der Waals surface area contributed by atoms with Crippen molar-refractivity contribution >= 4 is 5.69 Å². The molecule has 1 aliphatic rings. The number of nitro groups is 1. The summed E-state index contributed by atoms with van der Waals surface area (Å²) in [6, 6.07) is 6.30. The Morgan fingerprint density at radius 2 is 2.25 bits per heavy atom. The fraction of sp³-hybridized carbons (Fsp3) is 0.455. The zero-order valence-corrected chi connectivity index (χ0v) is 8.70. The summed E-state index contributed by atoms with van der Waals surface area (Å²) in [5.74, 6) is -0.0406. The van der Waals surface area contributed by atoms with Crippen LogP contribution in [0.1, 0.15) is 18.1 Å². The Labute approximate surface area is 92.8 Å². The van der Waals surface area contributed by atoms with Gasteiger partial charge in [0.15, 0.2) is 0 Å². The van der Waals surface area contributed by atoms with Gasteiger partial charge in [-0.2, -0.15) is 0 Å². The van der Waals surface area contributed by atoms with Crippen LogP contribution in [-0.4, -0.2) is 23.2 Å². The summed E-state index contributed by atoms with van der Waals surface area (Å²) in [5, 5.41) is 20.9. The number of aliphatic hydroxyl groups is 1. The molecular weight excluding hydrogens is 210 g/mol. The molecule has 16 heavy (non-hydrogen) atoms. The molecule has 86 valence electrons. The molecule has 1 aromatic carbocycles. The summed E-state index contributed by atoms with van der Waals surface area (Å²) in [7, 11) is 0. The topological polar surface area (TPSA) is 72.6 Å². The van der Waals surface area contributed by atoms with Crippen LogP contribution < -0.4 is 0 Å². The van der Waals surface area contributed by atoms with Crippen LogP contribution in [0.25, 0.3) is 0 Å². The molecule has 1 saturated heterocycles. The molecule has 2 rings (SSSR count). The number of rotatable bonds is 3. The first kappa shape index (κ1) is 11.0. The van der Waals surface area contributed by atoms with E-state index in [1.165, 1.54) is 6.07 Å². The van der Waals surface area contributed by atoms with Crippen molar-refractivity contribution in [1.29, 1.82) is 0 Å². The summed E-state index contributed by atoms with van der Waals surface area (Å²) in [6.07, 6.45) is -0.0724. The van der Waals surface area contributed by atoms with E-state index in [1.54, 1.807) is 18.2 Å². The molecule has 0 radical (unpaired) electrons. The smallest absolute Gasteiger partial charge is 0.275 e. The maximum absolute atomic E-state index is 10.8. The summed E-state index contributed by atoms with van der Waals surface area (Å²) in [5.41, 5.74) is 0.352. The van der Waals surface area contributed by atoms with E-state index >= 15 is 0 Å². The maximum atomic E-state index is 10.8. The molecule has 0 aliphatic carbocycles. The lowest BCUT2D eigenvalue weighted by Crippen LogP contribution is -2.13. The van der Waals surface area contributed by atoms with Crippen LogP contribution in [0.2, 0.25) is 0 Å². The van der Waals surface area contributed by atoms with Gasteiger partial charge in [0.1, 0.15) is 0 Å². The molecule has 1 N–H and O–H groups in total. The van der Waals surface area contributed by atoms with E-state index in [1.807, 2.05) is 0 Å². The van der Waals surface area contributed by atoms with Gasteiger partial charge in [-0.15, -0.1) is 0 Å². The van der Waals surface area contributed by atoms with Gasteiger partial charge < -0.3 is 9.84 Å². The van der Waals surface area contributed by atoms with Crippen molar-refractivity contribution in [3.05, 3.63) is 39.9 Å². The largest absolute Gasteiger partial charge is 0.388 e. The zero-order valence-electron chi connectivity index (χ0n) is 8.70. The second-order valence-electron chi connectivity index (χ2n) is 3.88. The predicted octanol–water partition coefficient (Wildman–Crippen LogP) is 1.66. The van der Waals surface area contributed by atoms with Gasteiger partial charge in [-0.25, -0.2) is 0 Å². The summed E-state index contributed by atoms with van der Waals surface area (Å²) < 4.78 is 5.17. The lowest BCUT2D eigenvalue weighted by Gasteiger charge is -2.16. The second kappa shape index (κ2) is 4.59. The van der Waals surface area contributed by atoms with E-state index in [4.69, 9.17) is 4.74 Å². The predicted molar refractivity (Wildman–Crippen MR) is 57.0 cm³/mol. The number of nitro benzene ring substituents is 1. The molecule has 0 spiro atoms. The first-order valence-corrected chi connectivity index (χ1v) is 5.19. The molecule has 5 nitrogen and oxygen atoms in total. The molecule has 2 atom stereocenters. The van der Waals surface area contributed by atoms with Gasteiger partial charge in [0, 0.05) is 18.6 Å². The standard InChI is InChI=1S/C11H13NO4/c13-11(8-5-6-16-7-8)9-3-1-2-4-10(9)12(14)15/h1-4,8,11,13H,5-7H2/t8-,11-/m1/s1. The van der Waals surface area contributed by atoms with E-state index in [9.17, 15) is 15.2 Å². The molecule has 1 aromatic rings. The number of para-hydroxylation sites is 1. The van der Waals surface area contributed by atoms with Crippen molar-refractivity contribution in [1.82, 2.24) is 0 Å². The summed E-state index contributed by atoms with van der Waals surface area (Å²) in [4.78, 5) is 10.3. The Morgan fingerprint density at radius 1 is 1.50 bits per heavy atom. The number of aliphatic hydroxyl groups excluding tert-OH is 1. The molecule has 0 unspecified atom stereocenters. The third-order valence-corrected chi connectivity index (χ3v) is 2.86. The van der Waals surface area contributed by atoms with Crippen LogP contribution in [0.4, 0.5) is 5.69 Å². The molecule has 1 aliphatic heterocycles. The molecule has 0 amide bonds. The van der Waals surface area contributed by atoms with Crippen LogP contribution in [0, 0.1) is 16.0 Å². The van der Waals surface area contributed by atoms with Crippen LogP contribution in [0.15, 0.2) is 24.3 Å². The Kier molecular flexibility index (Phi) is 3.17. The number of hydrogen-bond donors (Lipinski definition) is 1. The van der Waals surface area contributed by atoms with Gasteiger partial charge >= 0.3 is 0 Å². The molecule has 0 bridgehead atoms. The third kappa shape index (κ3) is 2.05. The quantitative estimate of drug-likeness (QED) is 0.624. The minimum atomic E-state index is -0.816. The van der Waals surface area contributed by atoms with Crippen molar-refractivity contribution in [3.8, 4) is 0 Å². The highest BCUT2D eigenvalue weighted by Crippen LogP contribution is 2.33. The van der Waals surface area contributed by atoms with Crippen molar-refractivity contribution in [3.63, 3.8) is 0 Å². The van der Waals surface area contributed by atoms with E-state index in [0.717, 1.165) is 6.42 Å². The molecule has 1 fully saturated rings. The fourth-order valence-corrected chi connectivity index (χ4v) is 1.96. The highest BCUT2D eigenvalue weighted by Gasteiger charge is 2.29. The van der Waals surface area contributed by atoms with Crippen molar-refractivity contribution < 1.29 is 14.8 Å². The number of hydrogen-bond acceptors (Lipinski definition) is 4. The number of nitrogens with zero attached hydrogens (tertiary/aromatic N) is 1. The van der Waals surface area contributed by atoms with Gasteiger partial charge in [0.05, 0.1) is 23.2 Å². The summed E-state index contributed by atoms with van der Waals surface area (Å²) >= 11 is 0. The first-order valence-electron chi connectivity index (χ1n) is 5.19. The second-order valence-corrected chi connectivity index (χ2v) is 3.88. The molecule has 0 saturated carbocycles. The van der Waals surface area contributed by atoms with Gasteiger partial charge in [0.25, 0.3) is 5.69 Å². The SMILES string of the molecule is O=[N+]([O-])c1ccccc1[C@H](O)[C@@H]1CCOC1. The minimum Gasteiger partial charge on any atom is -0.388 e. The number of ether oxygens (including phenoxy) is 1. The summed E-state index contributed by atoms with van der Waals surface area (Å²) in [6.45, 7) is 1.08. The van der Waals surface area contributed by atoms with Gasteiger partial charge in [-0.1, -0.05) is 12.1 Å². The van der Waals surface area contributed by atoms with E-state index in [0.29, 0.717) is 18.8 Å². The molecule has 5 heteroatoms. The first-order chi connectivity index (χ1) is 7.70. The molecule has 0 aromatic heterocycles. The molecule has 1 heterocycles. The third-order valence-electron chi connectivity index (χ3n) is 2.86. The van der Waals surface area contributed by atoms with Crippen molar-refractivity contribution in [2.45, 2.75) is 12.5 Å². The van der Waals surface area contributed by atoms with Gasteiger partial charge in [-0.3, -0.25) is 10.1 Å². The van der Waals surface area contributed by atoms with Crippen molar-refractivity contribution in [2.24, 2.45) is 5.92 Å². The zero-order chi connectivity index (χ0) is 11.5. The van der Waals surface area contributed by atoms with Crippen molar-refractivity contribution in [2.75, 3.05) is 13.2 Å². The lowest BCUT2D eigenvalue weighted by molar-refractivity contribution is -0.386. The monoisotopic (exact) mass is 223 g/mol.